The molecule has 0 radical (unpaired) electrons. The van der Waals surface area contributed by atoms with E-state index in [-0.39, 0.29) is 17.6 Å². The summed E-state index contributed by atoms with van der Waals surface area (Å²) in [6, 6.07) is 32.7. The highest BCUT2D eigenvalue weighted by molar-refractivity contribution is 5.94. The number of anilines is 1. The molecule has 1 fully saturated rings. The number of hydrogen-bond acceptors (Lipinski definition) is 5. The van der Waals surface area contributed by atoms with Crippen LogP contribution in [0, 0.1) is 5.82 Å². The van der Waals surface area contributed by atoms with Crippen LogP contribution in [-0.4, -0.2) is 78.7 Å². The van der Waals surface area contributed by atoms with Gasteiger partial charge in [0.1, 0.15) is 11.6 Å². The van der Waals surface area contributed by atoms with E-state index >= 15 is 0 Å². The highest BCUT2D eigenvalue weighted by atomic mass is 19.1. The molecular formula is C38H42FN5O2. The molecular weight excluding hydrogens is 577 g/mol. The van der Waals surface area contributed by atoms with Gasteiger partial charge in [0.25, 0.3) is 5.91 Å². The number of aromatic nitrogens is 2. The maximum atomic E-state index is 13.6. The van der Waals surface area contributed by atoms with Crippen LogP contribution < -0.4 is 9.64 Å². The van der Waals surface area contributed by atoms with E-state index in [0.717, 1.165) is 73.9 Å². The summed E-state index contributed by atoms with van der Waals surface area (Å²) >= 11 is 0. The predicted octanol–water partition coefficient (Wildman–Crippen LogP) is 6.69. The minimum atomic E-state index is -0.226. The fourth-order valence-electron chi connectivity index (χ4n) is 6.42. The van der Waals surface area contributed by atoms with Gasteiger partial charge in [-0.25, -0.2) is 9.37 Å². The third kappa shape index (κ3) is 7.40. The third-order valence-corrected chi connectivity index (χ3v) is 9.00. The molecule has 5 aromatic rings. The normalized spacial score (nSPS) is 14.6. The van der Waals surface area contributed by atoms with Gasteiger partial charge in [-0.3, -0.25) is 4.79 Å². The van der Waals surface area contributed by atoms with Gasteiger partial charge in [0, 0.05) is 44.7 Å². The number of halogens is 1. The zero-order chi connectivity index (χ0) is 31.9. The molecule has 8 heteroatoms. The first-order chi connectivity index (χ1) is 22.5. The molecule has 1 amide bonds. The summed E-state index contributed by atoms with van der Waals surface area (Å²) in [5, 5.41) is 0. The van der Waals surface area contributed by atoms with E-state index < -0.39 is 0 Å². The Morgan fingerprint density at radius 2 is 1.63 bits per heavy atom. The number of imidazole rings is 1. The van der Waals surface area contributed by atoms with E-state index in [1.807, 2.05) is 78.7 Å². The highest BCUT2D eigenvalue weighted by Crippen LogP contribution is 2.27. The minimum absolute atomic E-state index is 0.0352. The van der Waals surface area contributed by atoms with Crippen LogP contribution in [0.5, 0.6) is 5.75 Å². The number of amides is 1. The summed E-state index contributed by atoms with van der Waals surface area (Å²) in [7, 11) is 3.58. The van der Waals surface area contributed by atoms with E-state index in [2.05, 4.69) is 38.6 Å². The van der Waals surface area contributed by atoms with Crippen LogP contribution in [0.15, 0.2) is 103 Å². The molecule has 1 saturated heterocycles. The summed E-state index contributed by atoms with van der Waals surface area (Å²) in [6.45, 7) is 5.91. The topological polar surface area (TPSA) is 53.8 Å². The zero-order valence-electron chi connectivity index (χ0n) is 26.7. The molecule has 7 nitrogen and oxygen atoms in total. The molecule has 0 N–H and O–H groups in total. The summed E-state index contributed by atoms with van der Waals surface area (Å²) < 4.78 is 21.3. The first-order valence-corrected chi connectivity index (χ1v) is 16.1. The van der Waals surface area contributed by atoms with Crippen LogP contribution in [0.4, 0.5) is 10.3 Å². The minimum Gasteiger partial charge on any atom is -0.497 e. The predicted molar refractivity (Wildman–Crippen MR) is 182 cm³/mol. The highest BCUT2D eigenvalue weighted by Gasteiger charge is 2.24. The Labute approximate surface area is 270 Å². The average Bonchev–Trinajstić information content (AvgIpc) is 3.28. The Bertz CT molecular complexity index is 1720. The molecule has 1 aliphatic rings. The van der Waals surface area contributed by atoms with E-state index in [1.165, 1.54) is 17.7 Å². The Morgan fingerprint density at radius 3 is 2.39 bits per heavy atom. The van der Waals surface area contributed by atoms with Crippen LogP contribution in [0.1, 0.15) is 40.2 Å². The number of ether oxygens (including phenoxy) is 1. The smallest absolute Gasteiger partial charge is 0.253 e. The van der Waals surface area contributed by atoms with Crippen molar-refractivity contribution in [3.8, 4) is 5.75 Å². The fraction of sp³-hybridized carbons (Fsp3) is 0.316. The van der Waals surface area contributed by atoms with E-state index in [0.29, 0.717) is 18.7 Å². The van der Waals surface area contributed by atoms with Gasteiger partial charge in [0.15, 0.2) is 0 Å². The summed E-state index contributed by atoms with van der Waals surface area (Å²) in [6.07, 6.45) is 1.96. The molecule has 4 aromatic carbocycles. The molecule has 1 aliphatic heterocycles. The van der Waals surface area contributed by atoms with Crippen molar-refractivity contribution in [1.82, 2.24) is 19.4 Å². The van der Waals surface area contributed by atoms with Gasteiger partial charge in [0.2, 0.25) is 5.95 Å². The summed E-state index contributed by atoms with van der Waals surface area (Å²) in [5.41, 5.74) is 5.01. The quantitative estimate of drug-likeness (QED) is 0.165. The average molecular weight is 620 g/mol. The fourth-order valence-corrected chi connectivity index (χ4v) is 6.42. The van der Waals surface area contributed by atoms with Crippen molar-refractivity contribution in [3.63, 3.8) is 0 Å². The second-order valence-corrected chi connectivity index (χ2v) is 12.1. The van der Waals surface area contributed by atoms with Gasteiger partial charge < -0.3 is 24.0 Å². The molecule has 0 spiro atoms. The number of carbonyl (C=O) groups excluding carboxylic acids is 1. The largest absolute Gasteiger partial charge is 0.497 e. The monoisotopic (exact) mass is 619 g/mol. The Morgan fingerprint density at radius 1 is 0.891 bits per heavy atom. The molecule has 46 heavy (non-hydrogen) atoms. The maximum Gasteiger partial charge on any atom is 0.253 e. The van der Waals surface area contributed by atoms with Crippen LogP contribution in [0.3, 0.4) is 0 Å². The lowest BCUT2D eigenvalue weighted by atomic mass is 9.94. The molecule has 6 rings (SSSR count). The molecule has 0 saturated carbocycles. The van der Waals surface area contributed by atoms with Gasteiger partial charge in [-0.05, 0) is 85.6 Å². The number of para-hydroxylation sites is 2. The lowest BCUT2D eigenvalue weighted by Gasteiger charge is -2.28. The van der Waals surface area contributed by atoms with Crippen LogP contribution in [0.25, 0.3) is 11.0 Å². The van der Waals surface area contributed by atoms with Gasteiger partial charge >= 0.3 is 0 Å². The van der Waals surface area contributed by atoms with Crippen LogP contribution >= 0.6 is 0 Å². The first-order valence-electron chi connectivity index (χ1n) is 16.1. The first kappa shape index (κ1) is 31.3. The lowest BCUT2D eigenvalue weighted by Crippen LogP contribution is -2.35. The number of rotatable bonds is 11. The number of carbonyl (C=O) groups is 1. The van der Waals surface area contributed by atoms with Crippen LogP contribution in [0.2, 0.25) is 0 Å². The number of methoxy groups -OCH3 is 1. The summed E-state index contributed by atoms with van der Waals surface area (Å²) in [4.78, 5) is 25.1. The molecule has 1 atom stereocenters. The number of nitrogens with zero attached hydrogens (tertiary/aromatic N) is 5. The lowest BCUT2D eigenvalue weighted by molar-refractivity contribution is 0.0782. The number of fused-ring (bicyclic) bond motifs is 1. The molecule has 2 heterocycles. The number of likely N-dealkylation sites (N-methyl/N-ethyl adjacent to an activating group) is 1. The van der Waals surface area contributed by atoms with Crippen molar-refractivity contribution in [2.45, 2.75) is 25.3 Å². The standard InChI is InChI=1S/C38H42FN5O2/c1-41(37(45)31-9-4-3-5-10-31)28-32(30-15-19-34(46-2)20-16-30)21-24-42-22-8-23-43(26-25-42)38-40-35-11-6-7-12-36(35)44(38)27-29-13-17-33(39)18-14-29/h3-7,9-20,32H,8,21-28H2,1-2H3. The molecule has 1 unspecified atom stereocenters. The SMILES string of the molecule is COc1ccc(C(CCN2CCCN(c3nc4ccccc4n3Cc3ccc(F)cc3)CC2)CN(C)C(=O)c2ccccc2)cc1. The van der Waals surface area contributed by atoms with Crippen molar-refractivity contribution < 1.29 is 13.9 Å². The van der Waals surface area contributed by atoms with Crippen molar-refractivity contribution in [2.75, 3.05) is 58.3 Å². The number of benzene rings is 4. The van der Waals surface area contributed by atoms with Crippen molar-refractivity contribution in [3.05, 3.63) is 126 Å². The van der Waals surface area contributed by atoms with Crippen molar-refractivity contribution in [1.29, 1.82) is 0 Å². The molecule has 238 valence electrons. The molecule has 1 aromatic heterocycles. The van der Waals surface area contributed by atoms with Crippen molar-refractivity contribution >= 4 is 22.9 Å². The van der Waals surface area contributed by atoms with Crippen LogP contribution in [-0.2, 0) is 6.54 Å². The van der Waals surface area contributed by atoms with Gasteiger partial charge in [0.05, 0.1) is 24.7 Å². The second kappa shape index (κ2) is 14.6. The zero-order valence-corrected chi connectivity index (χ0v) is 26.7. The van der Waals surface area contributed by atoms with Gasteiger partial charge in [-0.15, -0.1) is 0 Å². The molecule has 0 aliphatic carbocycles. The Kier molecular flexibility index (Phi) is 9.94. The second-order valence-electron chi connectivity index (χ2n) is 12.1. The Balaban J connectivity index is 1.15. The number of hydrogen-bond donors (Lipinski definition) is 0. The summed E-state index contributed by atoms with van der Waals surface area (Å²) in [5.74, 6) is 1.78. The Hall–Kier alpha value is -4.69. The van der Waals surface area contributed by atoms with E-state index in [4.69, 9.17) is 9.72 Å². The maximum absolute atomic E-state index is 13.6. The van der Waals surface area contributed by atoms with E-state index in [9.17, 15) is 9.18 Å². The van der Waals surface area contributed by atoms with Gasteiger partial charge in [-0.2, -0.15) is 0 Å². The van der Waals surface area contributed by atoms with E-state index in [1.54, 1.807) is 7.11 Å². The van der Waals surface area contributed by atoms with Gasteiger partial charge in [-0.1, -0.05) is 54.6 Å². The molecule has 0 bridgehead atoms. The van der Waals surface area contributed by atoms with Crippen molar-refractivity contribution in [2.24, 2.45) is 0 Å². The third-order valence-electron chi connectivity index (χ3n) is 9.00.